The molecule has 4 nitrogen and oxygen atoms in total. The molecule has 1 fully saturated rings. The molecule has 0 aromatic heterocycles. The molecule has 2 atom stereocenters. The average Bonchev–Trinajstić information content (AvgIpc) is 2.46. The molecule has 0 unspecified atom stereocenters. The van der Waals surface area contributed by atoms with Crippen molar-refractivity contribution in [2.24, 2.45) is 11.7 Å². The SMILES string of the molecule is C[C@H](N)[C@H]1CCCN(S(=O)(=O)c2ccccc2C(F)(F)F)C1. The van der Waals surface area contributed by atoms with Crippen LogP contribution in [0.5, 0.6) is 0 Å². The molecule has 1 aromatic rings. The Hall–Kier alpha value is -1.12. The molecule has 0 amide bonds. The first-order valence-corrected chi connectivity index (χ1v) is 8.50. The number of sulfonamides is 1. The zero-order valence-electron chi connectivity index (χ0n) is 12.2. The Kier molecular flexibility index (Phi) is 4.84. The fraction of sp³-hybridized carbons (Fsp3) is 0.571. The summed E-state index contributed by atoms with van der Waals surface area (Å²) in [6.45, 7) is 2.16. The first-order chi connectivity index (χ1) is 10.1. The van der Waals surface area contributed by atoms with Gasteiger partial charge in [-0.15, -0.1) is 0 Å². The van der Waals surface area contributed by atoms with Crippen molar-refractivity contribution in [3.8, 4) is 0 Å². The molecule has 1 saturated heterocycles. The number of halogens is 3. The van der Waals surface area contributed by atoms with E-state index in [4.69, 9.17) is 5.73 Å². The second-order valence-electron chi connectivity index (χ2n) is 5.62. The highest BCUT2D eigenvalue weighted by atomic mass is 32.2. The van der Waals surface area contributed by atoms with Crippen molar-refractivity contribution in [3.05, 3.63) is 29.8 Å². The minimum Gasteiger partial charge on any atom is -0.328 e. The number of benzene rings is 1. The maximum atomic E-state index is 13.0. The van der Waals surface area contributed by atoms with E-state index >= 15 is 0 Å². The molecule has 2 N–H and O–H groups in total. The quantitative estimate of drug-likeness (QED) is 0.922. The number of hydrogen-bond acceptors (Lipinski definition) is 3. The lowest BCUT2D eigenvalue weighted by atomic mass is 9.93. The van der Waals surface area contributed by atoms with E-state index in [-0.39, 0.29) is 25.0 Å². The van der Waals surface area contributed by atoms with Gasteiger partial charge in [-0.3, -0.25) is 0 Å². The Bertz CT molecular complexity index is 629. The van der Waals surface area contributed by atoms with Crippen LogP contribution < -0.4 is 5.73 Å². The molecule has 0 aliphatic carbocycles. The predicted molar refractivity (Wildman–Crippen MR) is 76.6 cm³/mol. The highest BCUT2D eigenvalue weighted by Crippen LogP contribution is 2.36. The molecule has 0 spiro atoms. The summed E-state index contributed by atoms with van der Waals surface area (Å²) in [5.41, 5.74) is 4.68. The number of alkyl halides is 3. The Balaban J connectivity index is 2.39. The molecule has 1 aliphatic heterocycles. The minimum absolute atomic E-state index is 0.0402. The van der Waals surface area contributed by atoms with Crippen LogP contribution in [-0.2, 0) is 16.2 Å². The highest BCUT2D eigenvalue weighted by molar-refractivity contribution is 7.89. The zero-order valence-corrected chi connectivity index (χ0v) is 13.0. The molecule has 0 saturated carbocycles. The molecule has 1 aromatic carbocycles. The van der Waals surface area contributed by atoms with Gasteiger partial charge >= 0.3 is 6.18 Å². The first-order valence-electron chi connectivity index (χ1n) is 7.06. The van der Waals surface area contributed by atoms with Crippen LogP contribution in [-0.4, -0.2) is 31.9 Å². The van der Waals surface area contributed by atoms with Gasteiger partial charge in [0.1, 0.15) is 0 Å². The topological polar surface area (TPSA) is 63.4 Å². The lowest BCUT2D eigenvalue weighted by Crippen LogP contribution is -2.45. The molecule has 22 heavy (non-hydrogen) atoms. The first kappa shape index (κ1) is 17.2. The van der Waals surface area contributed by atoms with Crippen LogP contribution in [0.25, 0.3) is 0 Å². The normalized spacial score (nSPS) is 22.5. The van der Waals surface area contributed by atoms with Gasteiger partial charge < -0.3 is 5.73 Å². The van der Waals surface area contributed by atoms with Crippen LogP contribution in [0.4, 0.5) is 13.2 Å². The van der Waals surface area contributed by atoms with Gasteiger partial charge in [-0.05, 0) is 37.8 Å². The van der Waals surface area contributed by atoms with Gasteiger partial charge in [0.15, 0.2) is 0 Å². The van der Waals surface area contributed by atoms with Crippen molar-refractivity contribution in [3.63, 3.8) is 0 Å². The number of nitrogens with zero attached hydrogens (tertiary/aromatic N) is 1. The van der Waals surface area contributed by atoms with Crippen LogP contribution in [0.2, 0.25) is 0 Å². The van der Waals surface area contributed by atoms with E-state index in [0.29, 0.717) is 6.42 Å². The standard InChI is InChI=1S/C14H19F3N2O2S/c1-10(18)11-5-4-8-19(9-11)22(20,21)13-7-3-2-6-12(13)14(15,16)17/h2-3,6-7,10-11H,4-5,8-9,18H2,1H3/t10-,11-/m0/s1. The number of nitrogens with two attached hydrogens (primary N) is 1. The third-order valence-electron chi connectivity index (χ3n) is 3.97. The summed E-state index contributed by atoms with van der Waals surface area (Å²) < 4.78 is 65.5. The van der Waals surface area contributed by atoms with Gasteiger partial charge in [-0.1, -0.05) is 12.1 Å². The van der Waals surface area contributed by atoms with Crippen LogP contribution in [0, 0.1) is 5.92 Å². The molecular formula is C14H19F3N2O2S. The van der Waals surface area contributed by atoms with Crippen LogP contribution in [0.3, 0.4) is 0 Å². The van der Waals surface area contributed by atoms with Crippen LogP contribution >= 0.6 is 0 Å². The van der Waals surface area contributed by atoms with Gasteiger partial charge in [0.25, 0.3) is 0 Å². The molecule has 2 rings (SSSR count). The van der Waals surface area contributed by atoms with Gasteiger partial charge in [0, 0.05) is 19.1 Å². The van der Waals surface area contributed by atoms with E-state index in [0.717, 1.165) is 22.9 Å². The van der Waals surface area contributed by atoms with E-state index in [1.807, 2.05) is 0 Å². The number of piperidine rings is 1. The van der Waals surface area contributed by atoms with E-state index in [2.05, 4.69) is 0 Å². The molecule has 1 heterocycles. The lowest BCUT2D eigenvalue weighted by molar-refractivity contribution is -0.139. The molecule has 124 valence electrons. The van der Waals surface area contributed by atoms with Crippen molar-refractivity contribution >= 4 is 10.0 Å². The van der Waals surface area contributed by atoms with Crippen molar-refractivity contribution in [1.82, 2.24) is 4.31 Å². The monoisotopic (exact) mass is 336 g/mol. The fourth-order valence-electron chi connectivity index (χ4n) is 2.69. The zero-order chi connectivity index (χ0) is 16.5. The van der Waals surface area contributed by atoms with Crippen molar-refractivity contribution in [2.75, 3.05) is 13.1 Å². The summed E-state index contributed by atoms with van der Waals surface area (Å²) in [5, 5.41) is 0. The van der Waals surface area contributed by atoms with Crippen molar-refractivity contribution in [2.45, 2.75) is 36.9 Å². The Morgan fingerprint density at radius 1 is 1.32 bits per heavy atom. The number of rotatable bonds is 3. The third-order valence-corrected chi connectivity index (χ3v) is 5.90. The summed E-state index contributed by atoms with van der Waals surface area (Å²) in [5.74, 6) is -0.0402. The fourth-order valence-corrected chi connectivity index (χ4v) is 4.43. The molecule has 0 bridgehead atoms. The van der Waals surface area contributed by atoms with Gasteiger partial charge in [-0.2, -0.15) is 17.5 Å². The van der Waals surface area contributed by atoms with E-state index < -0.39 is 26.7 Å². The second kappa shape index (κ2) is 6.17. The Morgan fingerprint density at radius 3 is 2.55 bits per heavy atom. The average molecular weight is 336 g/mol. The third kappa shape index (κ3) is 3.44. The van der Waals surface area contributed by atoms with Gasteiger partial charge in [0.05, 0.1) is 10.5 Å². The summed E-state index contributed by atoms with van der Waals surface area (Å²) in [4.78, 5) is -0.687. The van der Waals surface area contributed by atoms with Crippen molar-refractivity contribution in [1.29, 1.82) is 0 Å². The summed E-state index contributed by atoms with van der Waals surface area (Å²) in [6, 6.07) is 4.08. The van der Waals surface area contributed by atoms with Gasteiger partial charge in [0.2, 0.25) is 10.0 Å². The largest absolute Gasteiger partial charge is 0.417 e. The van der Waals surface area contributed by atoms with E-state index in [9.17, 15) is 21.6 Å². The summed E-state index contributed by atoms with van der Waals surface area (Å²) in [6.07, 6.45) is -3.33. The second-order valence-corrected chi connectivity index (χ2v) is 7.52. The van der Waals surface area contributed by atoms with E-state index in [1.54, 1.807) is 6.92 Å². The lowest BCUT2D eigenvalue weighted by Gasteiger charge is -2.34. The molecule has 1 aliphatic rings. The molecule has 8 heteroatoms. The highest BCUT2D eigenvalue weighted by Gasteiger charge is 2.40. The van der Waals surface area contributed by atoms with Crippen LogP contribution in [0.15, 0.2) is 29.2 Å². The minimum atomic E-state index is -4.71. The Labute approximate surface area is 128 Å². The van der Waals surface area contributed by atoms with E-state index in [1.165, 1.54) is 12.1 Å². The van der Waals surface area contributed by atoms with Crippen LogP contribution in [0.1, 0.15) is 25.3 Å². The molecular weight excluding hydrogens is 317 g/mol. The Morgan fingerprint density at radius 2 is 1.95 bits per heavy atom. The summed E-state index contributed by atoms with van der Waals surface area (Å²) >= 11 is 0. The predicted octanol–water partition coefficient (Wildman–Crippen LogP) is 2.45. The van der Waals surface area contributed by atoms with Crippen molar-refractivity contribution < 1.29 is 21.6 Å². The maximum absolute atomic E-state index is 13.0. The summed E-state index contributed by atoms with van der Waals surface area (Å²) in [7, 11) is -4.18. The number of hydrogen-bond donors (Lipinski definition) is 1. The molecule has 0 radical (unpaired) electrons. The smallest absolute Gasteiger partial charge is 0.328 e. The maximum Gasteiger partial charge on any atom is 0.417 e. The van der Waals surface area contributed by atoms with Gasteiger partial charge in [-0.25, -0.2) is 8.42 Å².